The number of halogens is 3. The van der Waals surface area contributed by atoms with Crippen LogP contribution in [0.3, 0.4) is 0 Å². The van der Waals surface area contributed by atoms with Crippen LogP contribution in [0, 0.1) is 0 Å². The summed E-state index contributed by atoms with van der Waals surface area (Å²) in [5.74, 6) is -1.85. The Morgan fingerprint density at radius 3 is 2.39 bits per heavy atom. The first-order chi connectivity index (χ1) is 10.9. The van der Waals surface area contributed by atoms with E-state index in [1.54, 1.807) is 12.4 Å². The number of anilines is 1. The number of aromatic nitrogens is 2. The third kappa shape index (κ3) is 4.83. The average molecular weight is 326 g/mol. The highest BCUT2D eigenvalue weighted by atomic mass is 19.4. The molecule has 0 fully saturated rings. The molecule has 2 heterocycles. The summed E-state index contributed by atoms with van der Waals surface area (Å²) < 4.78 is 38.9. The molecular weight excluding hydrogens is 313 g/mol. The summed E-state index contributed by atoms with van der Waals surface area (Å²) in [6, 6.07) is 5.40. The fraction of sp³-hybridized carbons (Fsp3) is 0.214. The summed E-state index contributed by atoms with van der Waals surface area (Å²) in [6.45, 7) is 0.736. The summed E-state index contributed by atoms with van der Waals surface area (Å²) in [5, 5.41) is 4.58. The van der Waals surface area contributed by atoms with Gasteiger partial charge in [0.15, 0.2) is 0 Å². The molecule has 122 valence electrons. The van der Waals surface area contributed by atoms with Gasteiger partial charge in [-0.25, -0.2) is 4.98 Å². The molecule has 23 heavy (non-hydrogen) atoms. The van der Waals surface area contributed by atoms with Crippen LogP contribution in [-0.4, -0.2) is 27.9 Å². The molecule has 0 unspecified atom stereocenters. The monoisotopic (exact) mass is 326 g/mol. The second-order valence-electron chi connectivity index (χ2n) is 4.56. The van der Waals surface area contributed by atoms with Crippen molar-refractivity contribution in [2.75, 3.05) is 11.9 Å². The second-order valence-corrected chi connectivity index (χ2v) is 4.56. The molecule has 0 aliphatic rings. The highest BCUT2D eigenvalue weighted by Gasteiger charge is 2.32. The SMILES string of the molecule is O=C(NCCn1cccc1)C(=O)Nc1ccc(C(F)(F)F)nc1. The number of hydrogen-bond acceptors (Lipinski definition) is 3. The van der Waals surface area contributed by atoms with Crippen LogP contribution in [0.25, 0.3) is 0 Å². The zero-order valence-corrected chi connectivity index (χ0v) is 11.8. The van der Waals surface area contributed by atoms with Crippen LogP contribution < -0.4 is 10.6 Å². The van der Waals surface area contributed by atoms with Gasteiger partial charge < -0.3 is 15.2 Å². The number of rotatable bonds is 4. The maximum absolute atomic E-state index is 12.4. The van der Waals surface area contributed by atoms with E-state index >= 15 is 0 Å². The van der Waals surface area contributed by atoms with Crippen molar-refractivity contribution in [1.29, 1.82) is 0 Å². The zero-order chi connectivity index (χ0) is 16.9. The van der Waals surface area contributed by atoms with Crippen molar-refractivity contribution in [2.24, 2.45) is 0 Å². The quantitative estimate of drug-likeness (QED) is 0.839. The molecule has 0 aliphatic heterocycles. The van der Waals surface area contributed by atoms with Gasteiger partial charge in [-0.1, -0.05) is 0 Å². The topological polar surface area (TPSA) is 76.0 Å². The van der Waals surface area contributed by atoms with Gasteiger partial charge in [0.2, 0.25) is 0 Å². The molecule has 0 spiro atoms. The summed E-state index contributed by atoms with van der Waals surface area (Å²) in [7, 11) is 0. The first-order valence-electron chi connectivity index (χ1n) is 6.59. The van der Waals surface area contributed by atoms with E-state index in [0.717, 1.165) is 18.3 Å². The summed E-state index contributed by atoms with van der Waals surface area (Å²) in [4.78, 5) is 26.4. The lowest BCUT2D eigenvalue weighted by atomic mass is 10.3. The fourth-order valence-corrected chi connectivity index (χ4v) is 1.72. The Hall–Kier alpha value is -2.84. The number of carbonyl (C=O) groups excluding carboxylic acids is 2. The molecule has 0 bridgehead atoms. The van der Waals surface area contributed by atoms with Crippen molar-refractivity contribution in [1.82, 2.24) is 14.9 Å². The number of nitrogens with zero attached hydrogens (tertiary/aromatic N) is 2. The normalized spacial score (nSPS) is 11.1. The van der Waals surface area contributed by atoms with Gasteiger partial charge in [-0.15, -0.1) is 0 Å². The van der Waals surface area contributed by atoms with Crippen molar-refractivity contribution in [3.63, 3.8) is 0 Å². The number of amides is 2. The highest BCUT2D eigenvalue weighted by Crippen LogP contribution is 2.27. The molecule has 6 nitrogen and oxygen atoms in total. The lowest BCUT2D eigenvalue weighted by molar-refractivity contribution is -0.141. The smallest absolute Gasteiger partial charge is 0.353 e. The molecular formula is C14H13F3N4O2. The van der Waals surface area contributed by atoms with Crippen LogP contribution in [0.1, 0.15) is 5.69 Å². The largest absolute Gasteiger partial charge is 0.433 e. The summed E-state index contributed by atoms with van der Waals surface area (Å²) >= 11 is 0. The van der Waals surface area contributed by atoms with E-state index in [1.165, 1.54) is 0 Å². The molecule has 2 aromatic heterocycles. The van der Waals surface area contributed by atoms with Crippen LogP contribution in [0.4, 0.5) is 18.9 Å². The van der Waals surface area contributed by atoms with Crippen LogP contribution in [0.5, 0.6) is 0 Å². The molecule has 0 aromatic carbocycles. The summed E-state index contributed by atoms with van der Waals surface area (Å²) in [6.07, 6.45) is -0.105. The van der Waals surface area contributed by atoms with E-state index < -0.39 is 23.7 Å². The van der Waals surface area contributed by atoms with Crippen LogP contribution in [0.2, 0.25) is 0 Å². The maximum Gasteiger partial charge on any atom is 0.433 e. The second kappa shape index (κ2) is 6.95. The van der Waals surface area contributed by atoms with Crippen molar-refractivity contribution in [3.05, 3.63) is 48.5 Å². The standard InChI is InChI=1S/C14H13F3N4O2/c15-14(16,17)11-4-3-10(9-19-11)20-13(23)12(22)18-5-8-21-6-1-2-7-21/h1-4,6-7,9H,5,8H2,(H,18,22)(H,20,23). The van der Waals surface area contributed by atoms with E-state index in [0.29, 0.717) is 6.54 Å². The molecule has 0 radical (unpaired) electrons. The Labute approximate surface area is 129 Å². The van der Waals surface area contributed by atoms with E-state index in [4.69, 9.17) is 0 Å². The minimum atomic E-state index is -4.56. The lowest BCUT2D eigenvalue weighted by Gasteiger charge is -2.08. The Bertz CT molecular complexity index is 666. The zero-order valence-electron chi connectivity index (χ0n) is 11.8. The van der Waals surface area contributed by atoms with Crippen molar-refractivity contribution < 1.29 is 22.8 Å². The Kier molecular flexibility index (Phi) is 4.99. The van der Waals surface area contributed by atoms with E-state index in [9.17, 15) is 22.8 Å². The van der Waals surface area contributed by atoms with Gasteiger partial charge in [-0.3, -0.25) is 9.59 Å². The Balaban J connectivity index is 1.82. The van der Waals surface area contributed by atoms with Crippen molar-refractivity contribution in [2.45, 2.75) is 12.7 Å². The number of hydrogen-bond donors (Lipinski definition) is 2. The molecule has 9 heteroatoms. The van der Waals surface area contributed by atoms with Gasteiger partial charge in [0.25, 0.3) is 0 Å². The van der Waals surface area contributed by atoms with Gasteiger partial charge in [-0.05, 0) is 24.3 Å². The molecule has 0 aliphatic carbocycles. The minimum Gasteiger partial charge on any atom is -0.353 e. The van der Waals surface area contributed by atoms with E-state index in [2.05, 4.69) is 15.6 Å². The number of pyridine rings is 1. The third-order valence-electron chi connectivity index (χ3n) is 2.84. The van der Waals surface area contributed by atoms with Gasteiger partial charge >= 0.3 is 18.0 Å². The lowest BCUT2D eigenvalue weighted by Crippen LogP contribution is -2.37. The third-order valence-corrected chi connectivity index (χ3v) is 2.84. The number of nitrogens with one attached hydrogen (secondary N) is 2. The van der Waals surface area contributed by atoms with Gasteiger partial charge in [0, 0.05) is 25.5 Å². The van der Waals surface area contributed by atoms with Gasteiger partial charge in [0.05, 0.1) is 11.9 Å². The molecule has 0 atom stereocenters. The number of alkyl halides is 3. The molecule has 2 rings (SSSR count). The van der Waals surface area contributed by atoms with E-state index in [1.807, 2.05) is 16.7 Å². The highest BCUT2D eigenvalue weighted by molar-refractivity contribution is 6.39. The molecule has 0 saturated heterocycles. The van der Waals surface area contributed by atoms with Gasteiger partial charge in [-0.2, -0.15) is 13.2 Å². The summed E-state index contributed by atoms with van der Waals surface area (Å²) in [5.41, 5.74) is -1.07. The van der Waals surface area contributed by atoms with Crippen molar-refractivity contribution in [3.8, 4) is 0 Å². The van der Waals surface area contributed by atoms with Crippen LogP contribution in [0.15, 0.2) is 42.9 Å². The van der Waals surface area contributed by atoms with Crippen molar-refractivity contribution >= 4 is 17.5 Å². The maximum atomic E-state index is 12.4. The molecule has 2 N–H and O–H groups in total. The molecule has 2 aromatic rings. The first kappa shape index (κ1) is 16.5. The van der Waals surface area contributed by atoms with Crippen LogP contribution >= 0.6 is 0 Å². The fourth-order valence-electron chi connectivity index (χ4n) is 1.72. The van der Waals surface area contributed by atoms with Gasteiger partial charge in [0.1, 0.15) is 5.69 Å². The molecule has 2 amide bonds. The van der Waals surface area contributed by atoms with E-state index in [-0.39, 0.29) is 12.2 Å². The van der Waals surface area contributed by atoms with Crippen LogP contribution in [-0.2, 0) is 22.3 Å². The number of carbonyl (C=O) groups is 2. The average Bonchev–Trinajstić information content (AvgIpc) is 3.00. The predicted molar refractivity (Wildman–Crippen MR) is 75.3 cm³/mol. The first-order valence-corrected chi connectivity index (χ1v) is 6.59. The molecule has 0 saturated carbocycles. The Morgan fingerprint density at radius 2 is 1.83 bits per heavy atom. The minimum absolute atomic E-state index is 0.00330. The predicted octanol–water partition coefficient (Wildman–Crippen LogP) is 1.66. The Morgan fingerprint density at radius 1 is 1.13 bits per heavy atom.